The van der Waals surface area contributed by atoms with Gasteiger partial charge < -0.3 is 10.5 Å². The summed E-state index contributed by atoms with van der Waals surface area (Å²) in [6, 6.07) is 14.2. The molecule has 2 atom stereocenters. The fraction of sp³-hybridized carbons (Fsp3) is 0.353. The minimum absolute atomic E-state index is 0.0105. The predicted molar refractivity (Wildman–Crippen MR) is 83.2 cm³/mol. The average molecular weight is 283 g/mol. The zero-order chi connectivity index (χ0) is 14.7. The quantitative estimate of drug-likeness (QED) is 0.932. The zero-order valence-corrected chi connectivity index (χ0v) is 12.3. The van der Waals surface area contributed by atoms with Crippen molar-refractivity contribution in [2.24, 2.45) is 5.73 Å². The van der Waals surface area contributed by atoms with Gasteiger partial charge in [-0.05, 0) is 25.2 Å². The summed E-state index contributed by atoms with van der Waals surface area (Å²) in [6.45, 7) is 1.55. The molecule has 0 spiro atoms. The molecule has 4 nitrogen and oxygen atoms in total. The molecule has 0 aliphatic carbocycles. The van der Waals surface area contributed by atoms with E-state index >= 15 is 0 Å². The van der Waals surface area contributed by atoms with Crippen LogP contribution in [0.25, 0.3) is 0 Å². The van der Waals surface area contributed by atoms with Crippen LogP contribution >= 0.6 is 0 Å². The molecule has 0 bridgehead atoms. The molecule has 0 saturated heterocycles. The van der Waals surface area contributed by atoms with Gasteiger partial charge in [0.05, 0.1) is 12.1 Å². The number of ether oxygens (including phenoxy) is 1. The van der Waals surface area contributed by atoms with Crippen molar-refractivity contribution in [1.29, 1.82) is 0 Å². The van der Waals surface area contributed by atoms with Gasteiger partial charge in [0.15, 0.2) is 0 Å². The number of hydrogen-bond acceptors (Lipinski definition) is 4. The lowest BCUT2D eigenvalue weighted by Gasteiger charge is -2.37. The number of likely N-dealkylation sites (N-methyl/N-ethyl adjacent to an activating group) is 1. The van der Waals surface area contributed by atoms with Crippen LogP contribution in [0.5, 0.6) is 5.75 Å². The Labute approximate surface area is 125 Å². The summed E-state index contributed by atoms with van der Waals surface area (Å²) in [5.74, 6) is 0.916. The van der Waals surface area contributed by atoms with Gasteiger partial charge in [-0.2, -0.15) is 0 Å². The molecule has 0 radical (unpaired) electrons. The number of para-hydroxylation sites is 1. The second-order valence-corrected chi connectivity index (χ2v) is 5.49. The first-order valence-electron chi connectivity index (χ1n) is 7.33. The maximum Gasteiger partial charge on any atom is 0.124 e. The van der Waals surface area contributed by atoms with Gasteiger partial charge in [0.25, 0.3) is 0 Å². The molecule has 0 fully saturated rings. The minimum Gasteiger partial charge on any atom is -0.492 e. The van der Waals surface area contributed by atoms with Gasteiger partial charge in [-0.25, -0.2) is 0 Å². The Bertz CT molecular complexity index is 588. The van der Waals surface area contributed by atoms with Gasteiger partial charge in [-0.3, -0.25) is 9.88 Å². The summed E-state index contributed by atoms with van der Waals surface area (Å²) in [6.07, 6.45) is 2.75. The highest BCUT2D eigenvalue weighted by Crippen LogP contribution is 2.32. The van der Waals surface area contributed by atoms with Crippen molar-refractivity contribution in [1.82, 2.24) is 9.88 Å². The Kier molecular flexibility index (Phi) is 4.18. The zero-order valence-electron chi connectivity index (χ0n) is 12.3. The van der Waals surface area contributed by atoms with E-state index in [1.165, 1.54) is 0 Å². The molecule has 0 amide bonds. The van der Waals surface area contributed by atoms with E-state index in [0.29, 0.717) is 6.61 Å². The first kappa shape index (κ1) is 14.0. The van der Waals surface area contributed by atoms with Crippen molar-refractivity contribution >= 4 is 0 Å². The number of pyridine rings is 1. The van der Waals surface area contributed by atoms with E-state index < -0.39 is 0 Å². The van der Waals surface area contributed by atoms with E-state index in [4.69, 9.17) is 10.5 Å². The number of benzene rings is 1. The van der Waals surface area contributed by atoms with Gasteiger partial charge in [0, 0.05) is 30.4 Å². The van der Waals surface area contributed by atoms with Crippen LogP contribution in [0.1, 0.15) is 17.3 Å². The van der Waals surface area contributed by atoms with E-state index in [2.05, 4.69) is 29.1 Å². The van der Waals surface area contributed by atoms with Crippen LogP contribution in [0.15, 0.2) is 48.7 Å². The third-order valence-electron chi connectivity index (χ3n) is 4.12. The number of nitrogens with zero attached hydrogens (tertiary/aromatic N) is 2. The highest BCUT2D eigenvalue weighted by atomic mass is 16.5. The SMILES string of the molecule is CN(CCc1ccccn1)C1COc2ccccc2C1N. The molecule has 2 heterocycles. The summed E-state index contributed by atoms with van der Waals surface area (Å²) >= 11 is 0. The summed E-state index contributed by atoms with van der Waals surface area (Å²) in [7, 11) is 2.10. The number of rotatable bonds is 4. The van der Waals surface area contributed by atoms with Crippen LogP contribution < -0.4 is 10.5 Å². The van der Waals surface area contributed by atoms with Crippen LogP contribution in [0.3, 0.4) is 0 Å². The Hall–Kier alpha value is -1.91. The van der Waals surface area contributed by atoms with E-state index in [-0.39, 0.29) is 12.1 Å². The Morgan fingerprint density at radius 1 is 1.24 bits per heavy atom. The van der Waals surface area contributed by atoms with Gasteiger partial charge in [0.1, 0.15) is 12.4 Å². The summed E-state index contributed by atoms with van der Waals surface area (Å²) in [5, 5.41) is 0. The van der Waals surface area contributed by atoms with Gasteiger partial charge in [-0.1, -0.05) is 24.3 Å². The van der Waals surface area contributed by atoms with E-state index in [0.717, 1.165) is 30.0 Å². The molecule has 0 saturated carbocycles. The molecular weight excluding hydrogens is 262 g/mol. The Morgan fingerprint density at radius 2 is 2.05 bits per heavy atom. The molecule has 110 valence electrons. The number of hydrogen-bond donors (Lipinski definition) is 1. The lowest BCUT2D eigenvalue weighted by molar-refractivity contribution is 0.120. The summed E-state index contributed by atoms with van der Waals surface area (Å²) in [4.78, 5) is 6.63. The molecule has 1 aliphatic rings. The van der Waals surface area contributed by atoms with Crippen LogP contribution in [0, 0.1) is 0 Å². The molecule has 3 rings (SSSR count). The maximum absolute atomic E-state index is 6.42. The lowest BCUT2D eigenvalue weighted by atomic mass is 9.96. The van der Waals surface area contributed by atoms with Crippen LogP contribution in [-0.2, 0) is 6.42 Å². The third kappa shape index (κ3) is 3.06. The highest BCUT2D eigenvalue weighted by Gasteiger charge is 2.30. The molecular formula is C17H21N3O. The second kappa shape index (κ2) is 6.24. The lowest BCUT2D eigenvalue weighted by Crippen LogP contribution is -2.47. The predicted octanol–water partition coefficient (Wildman–Crippen LogP) is 2.02. The normalized spacial score (nSPS) is 20.9. The van der Waals surface area contributed by atoms with E-state index in [1.54, 1.807) is 0 Å². The second-order valence-electron chi connectivity index (χ2n) is 5.49. The topological polar surface area (TPSA) is 51.4 Å². The van der Waals surface area contributed by atoms with Crippen LogP contribution in [0.2, 0.25) is 0 Å². The Balaban J connectivity index is 1.65. The standard InChI is InChI=1S/C17H21N3O/c1-20(11-9-13-6-4-5-10-19-13)15-12-21-16-8-3-2-7-14(16)17(15)18/h2-8,10,15,17H,9,11-12,18H2,1H3. The van der Waals surface area contributed by atoms with Crippen LogP contribution in [-0.4, -0.2) is 36.1 Å². The maximum atomic E-state index is 6.42. The largest absolute Gasteiger partial charge is 0.492 e. The number of nitrogens with two attached hydrogens (primary N) is 1. The first-order chi connectivity index (χ1) is 10.3. The fourth-order valence-electron chi connectivity index (χ4n) is 2.78. The highest BCUT2D eigenvalue weighted by molar-refractivity contribution is 5.38. The molecule has 1 aromatic carbocycles. The van der Waals surface area contributed by atoms with Crippen molar-refractivity contribution in [2.75, 3.05) is 20.2 Å². The average Bonchev–Trinajstić information content (AvgIpc) is 2.54. The monoisotopic (exact) mass is 283 g/mol. The van der Waals surface area contributed by atoms with E-state index in [9.17, 15) is 0 Å². The molecule has 21 heavy (non-hydrogen) atoms. The van der Waals surface area contributed by atoms with Crippen molar-refractivity contribution in [3.63, 3.8) is 0 Å². The van der Waals surface area contributed by atoms with Crippen molar-refractivity contribution < 1.29 is 4.74 Å². The minimum atomic E-state index is -0.0105. The van der Waals surface area contributed by atoms with Crippen molar-refractivity contribution in [3.8, 4) is 5.75 Å². The molecule has 1 aromatic heterocycles. The van der Waals surface area contributed by atoms with Crippen molar-refractivity contribution in [3.05, 3.63) is 59.9 Å². The fourth-order valence-corrected chi connectivity index (χ4v) is 2.78. The van der Waals surface area contributed by atoms with Crippen LogP contribution in [0.4, 0.5) is 0 Å². The molecule has 2 N–H and O–H groups in total. The van der Waals surface area contributed by atoms with E-state index in [1.807, 2.05) is 36.5 Å². The van der Waals surface area contributed by atoms with Gasteiger partial charge in [-0.15, -0.1) is 0 Å². The summed E-state index contributed by atoms with van der Waals surface area (Å²) in [5.41, 5.74) is 8.63. The third-order valence-corrected chi connectivity index (χ3v) is 4.12. The summed E-state index contributed by atoms with van der Waals surface area (Å²) < 4.78 is 5.84. The smallest absolute Gasteiger partial charge is 0.124 e. The van der Waals surface area contributed by atoms with Crippen molar-refractivity contribution in [2.45, 2.75) is 18.5 Å². The van der Waals surface area contributed by atoms with Gasteiger partial charge in [0.2, 0.25) is 0 Å². The molecule has 2 aromatic rings. The Morgan fingerprint density at radius 3 is 2.86 bits per heavy atom. The number of aromatic nitrogens is 1. The first-order valence-corrected chi connectivity index (χ1v) is 7.33. The molecule has 2 unspecified atom stereocenters. The molecule has 1 aliphatic heterocycles. The van der Waals surface area contributed by atoms with Gasteiger partial charge >= 0.3 is 0 Å². The number of fused-ring (bicyclic) bond motifs is 1. The molecule has 4 heteroatoms.